The molecule has 1 aliphatic heterocycles. The van der Waals surface area contributed by atoms with Crippen molar-refractivity contribution in [3.8, 4) is 0 Å². The molecule has 1 aliphatic rings. The average Bonchev–Trinajstić information content (AvgIpc) is 2.92. The van der Waals surface area contributed by atoms with Crippen molar-refractivity contribution in [2.45, 2.75) is 19.3 Å². The third-order valence-electron chi connectivity index (χ3n) is 3.59. The highest BCUT2D eigenvalue weighted by atomic mass is 79.9. The molecule has 0 saturated carbocycles. The normalized spacial score (nSPS) is 13.4. The Morgan fingerprint density at radius 2 is 2.24 bits per heavy atom. The SMILES string of the molecule is O=C(NCCc1ccc(Br)s1)c1ccc2c(c1)CCCN2. The van der Waals surface area contributed by atoms with E-state index in [1.54, 1.807) is 11.3 Å². The number of hydrogen-bond acceptors (Lipinski definition) is 3. The van der Waals surface area contributed by atoms with Crippen molar-refractivity contribution >= 4 is 38.9 Å². The molecule has 0 aliphatic carbocycles. The first-order chi connectivity index (χ1) is 10.2. The number of amides is 1. The predicted octanol–water partition coefficient (Wildman–Crippen LogP) is 3.84. The van der Waals surface area contributed by atoms with Crippen LogP contribution in [0.1, 0.15) is 27.2 Å². The zero-order valence-corrected chi connectivity index (χ0v) is 14.0. The van der Waals surface area contributed by atoms with E-state index in [0.717, 1.165) is 35.2 Å². The van der Waals surface area contributed by atoms with Gasteiger partial charge in [-0.05, 0) is 71.1 Å². The standard InChI is InChI=1S/C16H17BrN2OS/c17-15-6-4-13(21-15)7-9-19-16(20)12-3-5-14-11(10-12)2-1-8-18-14/h3-6,10,18H,1-2,7-9H2,(H,19,20). The number of anilines is 1. The molecule has 2 N–H and O–H groups in total. The van der Waals surface area contributed by atoms with Gasteiger partial charge in [0.15, 0.2) is 0 Å². The van der Waals surface area contributed by atoms with Gasteiger partial charge < -0.3 is 10.6 Å². The largest absolute Gasteiger partial charge is 0.385 e. The molecule has 0 unspecified atom stereocenters. The molecule has 0 spiro atoms. The summed E-state index contributed by atoms with van der Waals surface area (Å²) in [6.45, 7) is 1.69. The second kappa shape index (κ2) is 6.62. The van der Waals surface area contributed by atoms with Crippen LogP contribution in [0.2, 0.25) is 0 Å². The first kappa shape index (κ1) is 14.6. The Hall–Kier alpha value is -1.33. The second-order valence-corrected chi connectivity index (χ2v) is 7.66. The van der Waals surface area contributed by atoms with E-state index in [0.29, 0.717) is 6.54 Å². The van der Waals surface area contributed by atoms with Gasteiger partial charge in [0.2, 0.25) is 0 Å². The van der Waals surface area contributed by atoms with E-state index in [2.05, 4.69) is 32.6 Å². The van der Waals surface area contributed by atoms with E-state index < -0.39 is 0 Å². The van der Waals surface area contributed by atoms with Gasteiger partial charge in [-0.25, -0.2) is 0 Å². The Balaban J connectivity index is 1.57. The monoisotopic (exact) mass is 364 g/mol. The third kappa shape index (κ3) is 3.66. The molecule has 21 heavy (non-hydrogen) atoms. The molecule has 1 aromatic heterocycles. The van der Waals surface area contributed by atoms with Gasteiger partial charge in [0, 0.05) is 29.2 Å². The third-order valence-corrected chi connectivity index (χ3v) is 5.28. The van der Waals surface area contributed by atoms with Crippen LogP contribution in [0.15, 0.2) is 34.1 Å². The van der Waals surface area contributed by atoms with E-state index in [9.17, 15) is 4.79 Å². The van der Waals surface area contributed by atoms with Crippen molar-refractivity contribution in [1.82, 2.24) is 5.32 Å². The number of thiophene rings is 1. The van der Waals surface area contributed by atoms with Gasteiger partial charge in [0.1, 0.15) is 0 Å². The fraction of sp³-hybridized carbons (Fsp3) is 0.312. The number of rotatable bonds is 4. The van der Waals surface area contributed by atoms with E-state index in [1.165, 1.54) is 16.1 Å². The van der Waals surface area contributed by atoms with E-state index in [1.807, 2.05) is 24.3 Å². The van der Waals surface area contributed by atoms with Crippen LogP contribution in [0.3, 0.4) is 0 Å². The lowest BCUT2D eigenvalue weighted by molar-refractivity contribution is 0.0954. The maximum atomic E-state index is 12.2. The number of hydrogen-bond donors (Lipinski definition) is 2. The van der Waals surface area contributed by atoms with Crippen molar-refractivity contribution < 1.29 is 4.79 Å². The van der Waals surface area contributed by atoms with Gasteiger partial charge in [0.25, 0.3) is 5.91 Å². The van der Waals surface area contributed by atoms with E-state index in [4.69, 9.17) is 0 Å². The Kier molecular flexibility index (Phi) is 4.60. The zero-order valence-electron chi connectivity index (χ0n) is 11.6. The Labute approximate surface area is 136 Å². The molecular weight excluding hydrogens is 348 g/mol. The number of fused-ring (bicyclic) bond motifs is 1. The average molecular weight is 365 g/mol. The topological polar surface area (TPSA) is 41.1 Å². The van der Waals surface area contributed by atoms with E-state index >= 15 is 0 Å². The molecule has 0 saturated heterocycles. The molecule has 0 bridgehead atoms. The van der Waals surface area contributed by atoms with Crippen LogP contribution in [0.5, 0.6) is 0 Å². The summed E-state index contributed by atoms with van der Waals surface area (Å²) in [6, 6.07) is 10.1. The van der Waals surface area contributed by atoms with Crippen LogP contribution in [-0.4, -0.2) is 19.0 Å². The summed E-state index contributed by atoms with van der Waals surface area (Å²) in [7, 11) is 0. The van der Waals surface area contributed by atoms with Gasteiger partial charge in [0.05, 0.1) is 3.79 Å². The number of carbonyl (C=O) groups is 1. The summed E-state index contributed by atoms with van der Waals surface area (Å²) in [4.78, 5) is 13.5. The quantitative estimate of drug-likeness (QED) is 0.864. The Bertz CT molecular complexity index is 653. The molecule has 0 radical (unpaired) electrons. The van der Waals surface area contributed by atoms with Crippen LogP contribution in [-0.2, 0) is 12.8 Å². The molecule has 3 nitrogen and oxygen atoms in total. The number of halogens is 1. The summed E-state index contributed by atoms with van der Waals surface area (Å²) < 4.78 is 1.13. The highest BCUT2D eigenvalue weighted by molar-refractivity contribution is 9.11. The van der Waals surface area contributed by atoms with E-state index in [-0.39, 0.29) is 5.91 Å². The lowest BCUT2D eigenvalue weighted by Gasteiger charge is -2.18. The highest BCUT2D eigenvalue weighted by Crippen LogP contribution is 2.23. The minimum absolute atomic E-state index is 0.0130. The predicted molar refractivity (Wildman–Crippen MR) is 91.3 cm³/mol. The number of nitrogens with one attached hydrogen (secondary N) is 2. The van der Waals surface area contributed by atoms with Crippen LogP contribution in [0.4, 0.5) is 5.69 Å². The summed E-state index contributed by atoms with van der Waals surface area (Å²) in [5, 5.41) is 6.36. The number of benzene rings is 1. The van der Waals surface area contributed by atoms with Crippen LogP contribution in [0, 0.1) is 0 Å². The lowest BCUT2D eigenvalue weighted by Crippen LogP contribution is -2.26. The van der Waals surface area contributed by atoms with Crippen molar-refractivity contribution in [1.29, 1.82) is 0 Å². The van der Waals surface area contributed by atoms with Gasteiger partial charge >= 0.3 is 0 Å². The Morgan fingerprint density at radius 3 is 3.05 bits per heavy atom. The highest BCUT2D eigenvalue weighted by Gasteiger charge is 2.12. The minimum Gasteiger partial charge on any atom is -0.385 e. The van der Waals surface area contributed by atoms with Gasteiger partial charge in [-0.2, -0.15) is 0 Å². The van der Waals surface area contributed by atoms with Crippen LogP contribution >= 0.6 is 27.3 Å². The van der Waals surface area contributed by atoms with Crippen molar-refractivity contribution in [2.24, 2.45) is 0 Å². The van der Waals surface area contributed by atoms with Crippen molar-refractivity contribution in [3.63, 3.8) is 0 Å². The molecule has 110 valence electrons. The number of aryl methyl sites for hydroxylation is 1. The maximum absolute atomic E-state index is 12.2. The van der Waals surface area contributed by atoms with Gasteiger partial charge in [-0.1, -0.05) is 0 Å². The summed E-state index contributed by atoms with van der Waals surface area (Å²) in [6.07, 6.45) is 3.05. The van der Waals surface area contributed by atoms with Gasteiger partial charge in [-0.3, -0.25) is 4.79 Å². The lowest BCUT2D eigenvalue weighted by atomic mass is 10.0. The molecule has 2 aromatic rings. The molecule has 0 atom stereocenters. The second-order valence-electron chi connectivity index (χ2n) is 5.11. The summed E-state index contributed by atoms with van der Waals surface area (Å²) in [5.74, 6) is 0.0130. The molecule has 3 rings (SSSR count). The van der Waals surface area contributed by atoms with Crippen LogP contribution < -0.4 is 10.6 Å². The zero-order chi connectivity index (χ0) is 14.7. The van der Waals surface area contributed by atoms with Crippen molar-refractivity contribution in [2.75, 3.05) is 18.4 Å². The van der Waals surface area contributed by atoms with Gasteiger partial charge in [-0.15, -0.1) is 11.3 Å². The fourth-order valence-corrected chi connectivity index (χ4v) is 3.99. The summed E-state index contributed by atoms with van der Waals surface area (Å²) in [5.41, 5.74) is 3.17. The molecule has 1 aromatic carbocycles. The van der Waals surface area contributed by atoms with Crippen molar-refractivity contribution in [3.05, 3.63) is 50.1 Å². The molecule has 0 fully saturated rings. The smallest absolute Gasteiger partial charge is 0.251 e. The molecular formula is C16H17BrN2OS. The summed E-state index contributed by atoms with van der Waals surface area (Å²) >= 11 is 5.16. The maximum Gasteiger partial charge on any atom is 0.251 e. The molecule has 5 heteroatoms. The van der Waals surface area contributed by atoms with Crippen LogP contribution in [0.25, 0.3) is 0 Å². The molecule has 2 heterocycles. The first-order valence-corrected chi connectivity index (χ1v) is 8.72. The number of carbonyl (C=O) groups excluding carboxylic acids is 1. The minimum atomic E-state index is 0.0130. The Morgan fingerprint density at radius 1 is 1.33 bits per heavy atom. The first-order valence-electron chi connectivity index (χ1n) is 7.11. The molecule has 1 amide bonds. The fourth-order valence-electron chi connectivity index (χ4n) is 2.50.